The minimum absolute atomic E-state index is 0.742. The van der Waals surface area contributed by atoms with Crippen molar-refractivity contribution in [3.8, 4) is 0 Å². The van der Waals surface area contributed by atoms with Gasteiger partial charge in [0, 0.05) is 26.9 Å². The zero-order chi connectivity index (χ0) is 26.8. The van der Waals surface area contributed by atoms with Crippen LogP contribution in [0.4, 0.5) is 0 Å². The molecule has 3 aromatic carbocycles. The average molecular weight is 507 g/mol. The molecular weight excluding hydrogens is 456 g/mol. The van der Waals surface area contributed by atoms with E-state index in [0.29, 0.717) is 0 Å². The van der Waals surface area contributed by atoms with Gasteiger partial charge in [0.15, 0.2) is 0 Å². The van der Waals surface area contributed by atoms with Crippen LogP contribution in [0.3, 0.4) is 0 Å². The second-order valence-corrected chi connectivity index (χ2v) is 9.40. The van der Waals surface area contributed by atoms with Crippen molar-refractivity contribution in [2.75, 3.05) is 40.1 Å². The molecule has 37 heavy (non-hydrogen) atoms. The van der Waals surface area contributed by atoms with Crippen LogP contribution in [0.15, 0.2) is 91.0 Å². The van der Waals surface area contributed by atoms with Gasteiger partial charge in [0.2, 0.25) is 0 Å². The lowest BCUT2D eigenvalue weighted by Gasteiger charge is -2.06. The van der Waals surface area contributed by atoms with Crippen molar-refractivity contribution in [3.05, 3.63) is 108 Å². The molecule has 0 spiro atoms. The van der Waals surface area contributed by atoms with Crippen LogP contribution in [-0.2, 0) is 33.5 Å². The molecule has 0 aliphatic carbocycles. The summed E-state index contributed by atoms with van der Waals surface area (Å²) in [6, 6.07) is 31.4. The van der Waals surface area contributed by atoms with Crippen LogP contribution in [0.5, 0.6) is 0 Å². The molecule has 0 N–H and O–H groups in total. The largest absolute Gasteiger partial charge is 0.384 e. The number of hydrogen-bond donors (Lipinski definition) is 0. The van der Waals surface area contributed by atoms with Crippen molar-refractivity contribution >= 4 is 0 Å². The summed E-state index contributed by atoms with van der Waals surface area (Å²) in [4.78, 5) is 0. The molecule has 0 atom stereocenters. The van der Waals surface area contributed by atoms with Crippen LogP contribution in [0, 0.1) is 5.92 Å². The summed E-state index contributed by atoms with van der Waals surface area (Å²) in [5.41, 5.74) is 4.13. The van der Waals surface area contributed by atoms with Gasteiger partial charge in [0.1, 0.15) is 0 Å². The Labute approximate surface area is 227 Å². The van der Waals surface area contributed by atoms with Gasteiger partial charge >= 0.3 is 0 Å². The molecule has 0 unspecified atom stereocenters. The second kappa shape index (κ2) is 23.9. The first kappa shape index (κ1) is 32.6. The van der Waals surface area contributed by atoms with Gasteiger partial charge < -0.3 is 14.2 Å². The lowest BCUT2D eigenvalue weighted by Crippen LogP contribution is -2.02. The van der Waals surface area contributed by atoms with Gasteiger partial charge in [0.05, 0.1) is 13.2 Å². The van der Waals surface area contributed by atoms with Crippen molar-refractivity contribution in [1.82, 2.24) is 0 Å². The van der Waals surface area contributed by atoms with E-state index >= 15 is 0 Å². The highest BCUT2D eigenvalue weighted by Gasteiger charge is 1.95. The van der Waals surface area contributed by atoms with Crippen LogP contribution < -0.4 is 0 Å². The van der Waals surface area contributed by atoms with E-state index in [0.717, 1.165) is 58.2 Å². The fourth-order valence-corrected chi connectivity index (χ4v) is 3.44. The third kappa shape index (κ3) is 20.3. The molecule has 0 aliphatic heterocycles. The van der Waals surface area contributed by atoms with Crippen molar-refractivity contribution in [3.63, 3.8) is 0 Å². The minimum atomic E-state index is 0.742. The number of rotatable bonds is 15. The van der Waals surface area contributed by atoms with E-state index in [2.05, 4.69) is 80.6 Å². The Morgan fingerprint density at radius 1 is 0.541 bits per heavy atom. The molecule has 0 heterocycles. The van der Waals surface area contributed by atoms with Gasteiger partial charge in [-0.1, -0.05) is 105 Å². The van der Waals surface area contributed by atoms with Crippen LogP contribution in [-0.4, -0.2) is 40.1 Å². The van der Waals surface area contributed by atoms with Crippen LogP contribution in [0.2, 0.25) is 0 Å². The summed E-state index contributed by atoms with van der Waals surface area (Å²) < 4.78 is 15.8. The van der Waals surface area contributed by atoms with E-state index in [1.54, 1.807) is 7.11 Å². The van der Waals surface area contributed by atoms with E-state index < -0.39 is 0 Å². The van der Waals surface area contributed by atoms with Crippen LogP contribution >= 0.6 is 0 Å². The Hall–Kier alpha value is -2.46. The molecule has 3 heteroatoms. The van der Waals surface area contributed by atoms with E-state index in [9.17, 15) is 0 Å². The number of hydrogen-bond acceptors (Lipinski definition) is 3. The summed E-state index contributed by atoms with van der Waals surface area (Å²) in [7, 11) is 1.73. The summed E-state index contributed by atoms with van der Waals surface area (Å²) in [6.45, 7) is 10.8. The summed E-state index contributed by atoms with van der Waals surface area (Å²) in [6.07, 6.45) is 6.77. The highest BCUT2D eigenvalue weighted by molar-refractivity contribution is 5.15. The number of methoxy groups -OCH3 is 1. The first-order valence-electron chi connectivity index (χ1n) is 13.9. The molecule has 0 saturated heterocycles. The molecule has 0 amide bonds. The number of aryl methyl sites for hydroxylation is 1. The molecule has 204 valence electrons. The molecule has 0 fully saturated rings. The van der Waals surface area contributed by atoms with Crippen molar-refractivity contribution in [2.45, 2.75) is 59.3 Å². The summed E-state index contributed by atoms with van der Waals surface area (Å²) >= 11 is 0. The molecule has 0 radical (unpaired) electrons. The monoisotopic (exact) mass is 506 g/mol. The highest BCUT2D eigenvalue weighted by atomic mass is 16.5. The lowest BCUT2D eigenvalue weighted by molar-refractivity contribution is 0.126. The van der Waals surface area contributed by atoms with Crippen LogP contribution in [0.25, 0.3) is 0 Å². The van der Waals surface area contributed by atoms with Gasteiger partial charge in [-0.3, -0.25) is 0 Å². The zero-order valence-electron chi connectivity index (χ0n) is 23.7. The SMILES string of the molecule is CC(C)CCOCCc1ccccc1.CCOCCCCc1ccccc1.COCCc1ccccc1. The second-order valence-electron chi connectivity index (χ2n) is 9.40. The number of unbranched alkanes of at least 4 members (excludes halogenated alkanes) is 1. The molecule has 3 nitrogen and oxygen atoms in total. The first-order chi connectivity index (χ1) is 18.2. The predicted molar refractivity (Wildman–Crippen MR) is 158 cm³/mol. The molecule has 0 aromatic heterocycles. The number of ether oxygens (including phenoxy) is 3. The normalized spacial score (nSPS) is 10.3. The van der Waals surface area contributed by atoms with Gasteiger partial charge in [0.25, 0.3) is 0 Å². The molecule has 3 aromatic rings. The Balaban J connectivity index is 0.000000281. The minimum Gasteiger partial charge on any atom is -0.384 e. The van der Waals surface area contributed by atoms with E-state index in [1.165, 1.54) is 36.0 Å². The fraction of sp³-hybridized carbons (Fsp3) is 0.471. The first-order valence-corrected chi connectivity index (χ1v) is 13.9. The Morgan fingerprint density at radius 3 is 1.49 bits per heavy atom. The standard InChI is InChI=1S/C13H20O.C12H18O.C9H12O/c1-12(2)8-10-14-11-9-13-6-4-3-5-7-13;1-2-13-11-7-6-10-12-8-4-3-5-9-12;1-10-8-7-9-5-3-2-4-6-9/h3-7,12H,8-11H2,1-2H3;3-5,8-9H,2,6-7,10-11H2,1H3;2-6H,7-8H2,1H3. The average Bonchev–Trinajstić information content (AvgIpc) is 2.94. The molecule has 0 saturated carbocycles. The molecule has 0 aliphatic rings. The van der Waals surface area contributed by atoms with Gasteiger partial charge in [-0.2, -0.15) is 0 Å². The van der Waals surface area contributed by atoms with Crippen LogP contribution in [0.1, 0.15) is 56.7 Å². The fourth-order valence-electron chi connectivity index (χ4n) is 3.44. The Bertz CT molecular complexity index is 835. The van der Waals surface area contributed by atoms with Gasteiger partial charge in [-0.25, -0.2) is 0 Å². The van der Waals surface area contributed by atoms with Gasteiger partial charge in [-0.05, 0) is 68.1 Å². The highest BCUT2D eigenvalue weighted by Crippen LogP contribution is 2.04. The van der Waals surface area contributed by atoms with E-state index in [-0.39, 0.29) is 0 Å². The van der Waals surface area contributed by atoms with E-state index in [4.69, 9.17) is 14.2 Å². The Kier molecular flexibility index (Phi) is 21.0. The lowest BCUT2D eigenvalue weighted by atomic mass is 10.1. The Morgan fingerprint density at radius 2 is 1.03 bits per heavy atom. The van der Waals surface area contributed by atoms with Gasteiger partial charge in [-0.15, -0.1) is 0 Å². The topological polar surface area (TPSA) is 27.7 Å². The maximum atomic E-state index is 5.55. The maximum absolute atomic E-state index is 5.55. The molecular formula is C34H50O3. The predicted octanol–water partition coefficient (Wildman–Crippen LogP) is 8.21. The summed E-state index contributed by atoms with van der Waals surface area (Å²) in [5.74, 6) is 0.742. The zero-order valence-corrected chi connectivity index (χ0v) is 23.7. The van der Waals surface area contributed by atoms with E-state index in [1.807, 2.05) is 31.2 Å². The smallest absolute Gasteiger partial charge is 0.0506 e. The maximum Gasteiger partial charge on any atom is 0.0506 e. The summed E-state index contributed by atoms with van der Waals surface area (Å²) in [5, 5.41) is 0. The third-order valence-corrected chi connectivity index (χ3v) is 5.71. The van der Waals surface area contributed by atoms with Crippen molar-refractivity contribution < 1.29 is 14.2 Å². The van der Waals surface area contributed by atoms with Crippen molar-refractivity contribution in [2.24, 2.45) is 5.92 Å². The quantitative estimate of drug-likeness (QED) is 0.194. The number of benzene rings is 3. The van der Waals surface area contributed by atoms with Crippen molar-refractivity contribution in [1.29, 1.82) is 0 Å². The molecule has 3 rings (SSSR count). The molecule has 0 bridgehead atoms. The third-order valence-electron chi connectivity index (χ3n) is 5.71.